The predicted molar refractivity (Wildman–Crippen MR) is 67.7 cm³/mol. The lowest BCUT2D eigenvalue weighted by Gasteiger charge is -2.20. The summed E-state index contributed by atoms with van der Waals surface area (Å²) in [7, 11) is 0. The first-order chi connectivity index (χ1) is 7.90. The summed E-state index contributed by atoms with van der Waals surface area (Å²) in [6.07, 6.45) is -1.56. The van der Waals surface area contributed by atoms with Crippen molar-refractivity contribution in [2.75, 3.05) is 18.1 Å². The topological polar surface area (TPSA) is 102 Å². The summed E-state index contributed by atoms with van der Waals surface area (Å²) in [5.74, 6) is 0.438. The van der Waals surface area contributed by atoms with Crippen molar-refractivity contribution in [1.82, 2.24) is 0 Å². The lowest BCUT2D eigenvalue weighted by atomic mass is 9.98. The molecular weight excluding hydrogens is 220 g/mol. The Morgan fingerprint density at radius 1 is 1.18 bits per heavy atom. The molecule has 2 unspecified atom stereocenters. The van der Waals surface area contributed by atoms with Crippen LogP contribution in [0.1, 0.15) is 44.1 Å². The number of anilines is 2. The quantitative estimate of drug-likeness (QED) is 0.595. The molecule has 1 aromatic carbocycles. The number of benzene rings is 1. The summed E-state index contributed by atoms with van der Waals surface area (Å²) in [6, 6.07) is 1.62. The van der Waals surface area contributed by atoms with Crippen LogP contribution in [0.3, 0.4) is 0 Å². The smallest absolute Gasteiger partial charge is 0.143 e. The highest BCUT2D eigenvalue weighted by atomic mass is 16.5. The van der Waals surface area contributed by atoms with Gasteiger partial charge < -0.3 is 26.4 Å². The molecule has 0 fully saturated rings. The maximum absolute atomic E-state index is 9.69. The van der Waals surface area contributed by atoms with Crippen LogP contribution in [0.2, 0.25) is 0 Å². The van der Waals surface area contributed by atoms with E-state index >= 15 is 0 Å². The lowest BCUT2D eigenvalue weighted by molar-refractivity contribution is 0.193. The van der Waals surface area contributed by atoms with Crippen molar-refractivity contribution < 1.29 is 14.9 Å². The van der Waals surface area contributed by atoms with E-state index in [0.29, 0.717) is 34.9 Å². The van der Waals surface area contributed by atoms with E-state index in [1.165, 1.54) is 0 Å². The van der Waals surface area contributed by atoms with E-state index in [1.54, 1.807) is 19.9 Å². The zero-order chi connectivity index (χ0) is 13.2. The maximum atomic E-state index is 9.69. The molecule has 0 aliphatic carbocycles. The van der Waals surface area contributed by atoms with E-state index < -0.39 is 12.2 Å². The molecule has 0 aromatic heterocycles. The Kier molecular flexibility index (Phi) is 4.20. The summed E-state index contributed by atoms with van der Waals surface area (Å²) in [4.78, 5) is 0. The van der Waals surface area contributed by atoms with Gasteiger partial charge in [-0.25, -0.2) is 0 Å². The Hall–Kier alpha value is -1.46. The van der Waals surface area contributed by atoms with Crippen LogP contribution in [0, 0.1) is 0 Å². The number of ether oxygens (including phenoxy) is 1. The molecule has 2 atom stereocenters. The predicted octanol–water partition coefficient (Wildman–Crippen LogP) is 1.36. The van der Waals surface area contributed by atoms with Crippen molar-refractivity contribution in [3.05, 3.63) is 17.2 Å². The molecule has 0 saturated heterocycles. The fraction of sp³-hybridized carbons (Fsp3) is 0.500. The van der Waals surface area contributed by atoms with Crippen LogP contribution in [0.15, 0.2) is 6.07 Å². The van der Waals surface area contributed by atoms with Crippen molar-refractivity contribution in [1.29, 1.82) is 0 Å². The van der Waals surface area contributed by atoms with Gasteiger partial charge in [-0.15, -0.1) is 0 Å². The van der Waals surface area contributed by atoms with Gasteiger partial charge in [-0.2, -0.15) is 0 Å². The molecule has 0 heterocycles. The Bertz CT molecular complexity index is 403. The van der Waals surface area contributed by atoms with E-state index in [9.17, 15) is 10.2 Å². The minimum Gasteiger partial charge on any atom is -0.492 e. The maximum Gasteiger partial charge on any atom is 0.143 e. The molecule has 17 heavy (non-hydrogen) atoms. The highest BCUT2D eigenvalue weighted by molar-refractivity contribution is 5.73. The van der Waals surface area contributed by atoms with E-state index in [2.05, 4.69) is 0 Å². The van der Waals surface area contributed by atoms with E-state index in [1.807, 2.05) is 6.92 Å². The van der Waals surface area contributed by atoms with Gasteiger partial charge in [-0.05, 0) is 26.8 Å². The lowest BCUT2D eigenvalue weighted by Crippen LogP contribution is -2.10. The van der Waals surface area contributed by atoms with E-state index in [0.717, 1.165) is 0 Å². The molecule has 0 saturated carbocycles. The van der Waals surface area contributed by atoms with Gasteiger partial charge in [0, 0.05) is 16.8 Å². The Labute approximate surface area is 101 Å². The van der Waals surface area contributed by atoms with Crippen LogP contribution in [-0.2, 0) is 0 Å². The highest BCUT2D eigenvalue weighted by Crippen LogP contribution is 2.39. The third-order valence-electron chi connectivity index (χ3n) is 2.61. The van der Waals surface area contributed by atoms with Gasteiger partial charge in [0.15, 0.2) is 0 Å². The van der Waals surface area contributed by atoms with Gasteiger partial charge in [-0.1, -0.05) is 0 Å². The molecule has 0 radical (unpaired) electrons. The van der Waals surface area contributed by atoms with Crippen LogP contribution >= 0.6 is 0 Å². The average molecular weight is 240 g/mol. The molecule has 96 valence electrons. The largest absolute Gasteiger partial charge is 0.492 e. The standard InChI is InChI=1S/C12H20N2O3/c1-4-17-9-5-8(6(2)15)11(13)10(7(3)16)12(9)14/h5-7,15-16H,4,13-14H2,1-3H3. The summed E-state index contributed by atoms with van der Waals surface area (Å²) < 4.78 is 5.37. The fourth-order valence-corrected chi connectivity index (χ4v) is 1.80. The van der Waals surface area contributed by atoms with Crippen molar-refractivity contribution in [2.24, 2.45) is 0 Å². The molecule has 0 bridgehead atoms. The average Bonchev–Trinajstić information content (AvgIpc) is 2.21. The van der Waals surface area contributed by atoms with Crippen molar-refractivity contribution in [2.45, 2.75) is 33.0 Å². The monoisotopic (exact) mass is 240 g/mol. The van der Waals surface area contributed by atoms with Crippen LogP contribution in [0.4, 0.5) is 11.4 Å². The molecular formula is C12H20N2O3. The normalized spacial score (nSPS) is 14.4. The molecule has 5 nitrogen and oxygen atoms in total. The zero-order valence-corrected chi connectivity index (χ0v) is 10.4. The molecule has 1 rings (SSSR count). The van der Waals surface area contributed by atoms with Gasteiger partial charge in [0.1, 0.15) is 5.75 Å². The Morgan fingerprint density at radius 3 is 2.18 bits per heavy atom. The van der Waals surface area contributed by atoms with Crippen molar-refractivity contribution >= 4 is 11.4 Å². The van der Waals surface area contributed by atoms with Crippen LogP contribution in [0.25, 0.3) is 0 Å². The van der Waals surface area contributed by atoms with Crippen LogP contribution in [-0.4, -0.2) is 16.8 Å². The highest BCUT2D eigenvalue weighted by Gasteiger charge is 2.20. The summed E-state index contributed by atoms with van der Waals surface area (Å²) in [5.41, 5.74) is 13.3. The minimum absolute atomic E-state index is 0.316. The number of nitrogens with two attached hydrogens (primary N) is 2. The third kappa shape index (κ3) is 2.62. The third-order valence-corrected chi connectivity index (χ3v) is 2.61. The van der Waals surface area contributed by atoms with Gasteiger partial charge in [0.2, 0.25) is 0 Å². The second-order valence-corrected chi connectivity index (χ2v) is 3.99. The molecule has 0 aliphatic rings. The first-order valence-corrected chi connectivity index (χ1v) is 5.60. The zero-order valence-electron chi connectivity index (χ0n) is 10.4. The minimum atomic E-state index is -0.812. The first kappa shape index (κ1) is 13.6. The molecule has 5 heteroatoms. The van der Waals surface area contributed by atoms with Gasteiger partial charge in [0.05, 0.1) is 24.5 Å². The Balaban J connectivity index is 3.46. The number of aliphatic hydroxyl groups excluding tert-OH is 2. The summed E-state index contributed by atoms with van der Waals surface area (Å²) in [5, 5.41) is 19.3. The van der Waals surface area contributed by atoms with Gasteiger partial charge >= 0.3 is 0 Å². The number of nitrogen functional groups attached to an aromatic ring is 2. The van der Waals surface area contributed by atoms with Gasteiger partial charge in [-0.3, -0.25) is 0 Å². The van der Waals surface area contributed by atoms with E-state index in [-0.39, 0.29) is 0 Å². The number of aliphatic hydroxyl groups is 2. The van der Waals surface area contributed by atoms with Crippen LogP contribution < -0.4 is 16.2 Å². The molecule has 0 aliphatic heterocycles. The van der Waals surface area contributed by atoms with E-state index in [4.69, 9.17) is 16.2 Å². The summed E-state index contributed by atoms with van der Waals surface area (Å²) in [6.45, 7) is 5.46. The van der Waals surface area contributed by atoms with Crippen molar-refractivity contribution in [3.63, 3.8) is 0 Å². The Morgan fingerprint density at radius 2 is 1.76 bits per heavy atom. The van der Waals surface area contributed by atoms with Gasteiger partial charge in [0.25, 0.3) is 0 Å². The first-order valence-electron chi connectivity index (χ1n) is 5.60. The number of hydrogen-bond acceptors (Lipinski definition) is 5. The molecule has 0 spiro atoms. The SMILES string of the molecule is CCOc1cc(C(C)O)c(N)c(C(C)O)c1N. The number of hydrogen-bond donors (Lipinski definition) is 4. The molecule has 0 amide bonds. The fourth-order valence-electron chi connectivity index (χ4n) is 1.80. The number of rotatable bonds is 4. The van der Waals surface area contributed by atoms with Crippen molar-refractivity contribution in [3.8, 4) is 5.75 Å². The van der Waals surface area contributed by atoms with Crippen LogP contribution in [0.5, 0.6) is 5.75 Å². The summed E-state index contributed by atoms with van der Waals surface area (Å²) >= 11 is 0. The second kappa shape index (κ2) is 5.25. The second-order valence-electron chi connectivity index (χ2n) is 3.99. The molecule has 6 N–H and O–H groups in total. The molecule has 1 aromatic rings.